The van der Waals surface area contributed by atoms with E-state index in [1.165, 1.54) is 7.11 Å². The Kier molecular flexibility index (Phi) is 3.58. The number of ether oxygens (including phenoxy) is 1. The molecular formula is C19H19N3O2. The normalized spacial score (nSPS) is 23.0. The smallest absolute Gasteiger partial charge is 0.323 e. The number of methoxy groups -OCH3 is 1. The van der Waals surface area contributed by atoms with Gasteiger partial charge in [0.1, 0.15) is 6.04 Å². The zero-order valence-corrected chi connectivity index (χ0v) is 13.6. The minimum atomic E-state index is -0.409. The van der Waals surface area contributed by atoms with Crippen LogP contribution < -0.4 is 5.32 Å². The predicted octanol–water partition coefficient (Wildman–Crippen LogP) is 2.90. The number of esters is 1. The van der Waals surface area contributed by atoms with Gasteiger partial charge in [-0.05, 0) is 23.8 Å². The maximum atomic E-state index is 12.3. The molecule has 1 unspecified atom stereocenters. The van der Waals surface area contributed by atoms with E-state index in [9.17, 15) is 4.79 Å². The second kappa shape index (κ2) is 5.76. The van der Waals surface area contributed by atoms with Gasteiger partial charge >= 0.3 is 5.97 Å². The van der Waals surface area contributed by atoms with Crippen LogP contribution in [-0.4, -0.2) is 29.1 Å². The summed E-state index contributed by atoms with van der Waals surface area (Å²) in [7, 11) is 1.43. The highest BCUT2D eigenvalue weighted by Gasteiger charge is 2.40. The summed E-state index contributed by atoms with van der Waals surface area (Å²) in [4.78, 5) is 20.3. The summed E-state index contributed by atoms with van der Waals surface area (Å²) < 4.78 is 5.02. The Bertz CT molecular complexity index is 888. The van der Waals surface area contributed by atoms with Crippen molar-refractivity contribution in [1.29, 1.82) is 0 Å². The first-order valence-electron chi connectivity index (χ1n) is 8.06. The van der Waals surface area contributed by atoms with E-state index in [-0.39, 0.29) is 17.9 Å². The lowest BCUT2D eigenvalue weighted by Gasteiger charge is -2.34. The minimum absolute atomic E-state index is 0.00330. The highest BCUT2D eigenvalue weighted by Crippen LogP contribution is 2.40. The molecule has 0 amide bonds. The van der Waals surface area contributed by atoms with E-state index >= 15 is 0 Å². The van der Waals surface area contributed by atoms with Gasteiger partial charge in [0.25, 0.3) is 0 Å². The molecule has 5 heteroatoms. The van der Waals surface area contributed by atoms with Crippen LogP contribution >= 0.6 is 0 Å². The summed E-state index contributed by atoms with van der Waals surface area (Å²) in [6.45, 7) is 2.06. The van der Waals surface area contributed by atoms with E-state index in [2.05, 4.69) is 34.3 Å². The van der Waals surface area contributed by atoms with Crippen molar-refractivity contribution in [2.75, 3.05) is 7.11 Å². The van der Waals surface area contributed by atoms with E-state index in [0.29, 0.717) is 0 Å². The zero-order valence-electron chi connectivity index (χ0n) is 13.6. The lowest BCUT2D eigenvalue weighted by molar-refractivity contribution is -0.144. The van der Waals surface area contributed by atoms with Crippen LogP contribution in [0.4, 0.5) is 0 Å². The SMILES string of the molecule is COC(=O)[C@H]1NC(c2ccccn2)c2[nH]c3ccccc3c2[C@H]1C. The summed E-state index contributed by atoms with van der Waals surface area (Å²) in [5, 5.41) is 4.57. The van der Waals surface area contributed by atoms with Gasteiger partial charge in [0.2, 0.25) is 0 Å². The Balaban J connectivity index is 1.93. The molecule has 5 nitrogen and oxygen atoms in total. The third kappa shape index (κ3) is 2.20. The van der Waals surface area contributed by atoms with Gasteiger partial charge in [-0.15, -0.1) is 0 Å². The predicted molar refractivity (Wildman–Crippen MR) is 91.7 cm³/mol. The summed E-state index contributed by atoms with van der Waals surface area (Å²) in [5.41, 5.74) is 4.19. The Labute approximate surface area is 140 Å². The fourth-order valence-electron chi connectivity index (χ4n) is 3.66. The summed E-state index contributed by atoms with van der Waals surface area (Å²) in [6.07, 6.45) is 1.77. The molecule has 2 aromatic heterocycles. The zero-order chi connectivity index (χ0) is 16.7. The van der Waals surface area contributed by atoms with E-state index in [1.807, 2.05) is 30.3 Å². The largest absolute Gasteiger partial charge is 0.468 e. The summed E-state index contributed by atoms with van der Waals surface area (Å²) in [5.74, 6) is -0.247. The quantitative estimate of drug-likeness (QED) is 0.712. The number of aromatic amines is 1. The molecule has 0 spiro atoms. The first-order chi connectivity index (χ1) is 11.7. The number of nitrogens with zero attached hydrogens (tertiary/aromatic N) is 1. The van der Waals surface area contributed by atoms with Crippen molar-refractivity contribution >= 4 is 16.9 Å². The molecule has 1 aliphatic heterocycles. The molecule has 2 N–H and O–H groups in total. The maximum absolute atomic E-state index is 12.3. The van der Waals surface area contributed by atoms with Gasteiger partial charge < -0.3 is 9.72 Å². The number of aromatic nitrogens is 2. The van der Waals surface area contributed by atoms with Crippen LogP contribution in [-0.2, 0) is 9.53 Å². The molecule has 0 radical (unpaired) electrons. The second-order valence-corrected chi connectivity index (χ2v) is 6.14. The first kappa shape index (κ1) is 14.9. The minimum Gasteiger partial charge on any atom is -0.468 e. The van der Waals surface area contributed by atoms with Crippen molar-refractivity contribution in [1.82, 2.24) is 15.3 Å². The number of benzene rings is 1. The standard InChI is InChI=1S/C19H19N3O2/c1-11-15-12-7-3-4-8-13(12)21-18(15)17(14-9-5-6-10-20-14)22-16(11)19(23)24-2/h3-11,16-17,21-22H,1-2H3/t11-,16+,17?/m1/s1. The van der Waals surface area contributed by atoms with Gasteiger partial charge in [-0.2, -0.15) is 0 Å². The molecular weight excluding hydrogens is 302 g/mol. The van der Waals surface area contributed by atoms with Crippen molar-refractivity contribution in [3.63, 3.8) is 0 Å². The second-order valence-electron chi connectivity index (χ2n) is 6.14. The van der Waals surface area contributed by atoms with Gasteiger partial charge in [-0.3, -0.25) is 15.1 Å². The molecule has 0 fully saturated rings. The summed E-state index contributed by atoms with van der Waals surface area (Å²) in [6, 6.07) is 13.4. The molecule has 1 aromatic carbocycles. The van der Waals surface area contributed by atoms with Gasteiger partial charge in [0.15, 0.2) is 0 Å². The topological polar surface area (TPSA) is 67.0 Å². The number of H-pyrrole nitrogens is 1. The molecule has 3 heterocycles. The molecule has 0 saturated carbocycles. The molecule has 24 heavy (non-hydrogen) atoms. The first-order valence-corrected chi connectivity index (χ1v) is 8.06. The van der Waals surface area contributed by atoms with Crippen LogP contribution in [0.5, 0.6) is 0 Å². The van der Waals surface area contributed by atoms with Gasteiger partial charge in [-0.1, -0.05) is 31.2 Å². The number of para-hydroxylation sites is 1. The number of fused-ring (bicyclic) bond motifs is 3. The fraction of sp³-hybridized carbons (Fsp3) is 0.263. The average molecular weight is 321 g/mol. The molecule has 4 rings (SSSR count). The molecule has 0 aliphatic carbocycles. The number of hydrogen-bond donors (Lipinski definition) is 2. The Hall–Kier alpha value is -2.66. The van der Waals surface area contributed by atoms with Crippen LogP contribution in [0.1, 0.15) is 35.8 Å². The van der Waals surface area contributed by atoms with E-state index in [0.717, 1.165) is 27.9 Å². The van der Waals surface area contributed by atoms with Crippen molar-refractivity contribution in [2.45, 2.75) is 24.9 Å². The Morgan fingerprint density at radius 1 is 1.17 bits per heavy atom. The van der Waals surface area contributed by atoms with Crippen LogP contribution in [0, 0.1) is 0 Å². The number of carbonyl (C=O) groups excluding carboxylic acids is 1. The molecule has 3 aromatic rings. The third-order valence-corrected chi connectivity index (χ3v) is 4.81. The number of hydrogen-bond acceptors (Lipinski definition) is 4. The van der Waals surface area contributed by atoms with Crippen LogP contribution in [0.25, 0.3) is 10.9 Å². The van der Waals surface area contributed by atoms with Gasteiger partial charge in [0, 0.05) is 28.7 Å². The molecule has 0 saturated heterocycles. The Morgan fingerprint density at radius 2 is 1.96 bits per heavy atom. The molecule has 1 aliphatic rings. The fourth-order valence-corrected chi connectivity index (χ4v) is 3.66. The number of pyridine rings is 1. The lowest BCUT2D eigenvalue weighted by Crippen LogP contribution is -2.47. The molecule has 3 atom stereocenters. The van der Waals surface area contributed by atoms with Crippen molar-refractivity contribution in [3.05, 3.63) is 65.6 Å². The van der Waals surface area contributed by atoms with Crippen molar-refractivity contribution < 1.29 is 9.53 Å². The number of rotatable bonds is 2. The van der Waals surface area contributed by atoms with Crippen LogP contribution in [0.3, 0.4) is 0 Å². The van der Waals surface area contributed by atoms with Gasteiger partial charge in [-0.25, -0.2) is 0 Å². The average Bonchev–Trinajstić information content (AvgIpc) is 3.02. The highest BCUT2D eigenvalue weighted by molar-refractivity contribution is 5.88. The summed E-state index contributed by atoms with van der Waals surface area (Å²) >= 11 is 0. The maximum Gasteiger partial charge on any atom is 0.323 e. The number of carbonyl (C=O) groups is 1. The monoisotopic (exact) mass is 321 g/mol. The molecule has 0 bridgehead atoms. The van der Waals surface area contributed by atoms with E-state index in [1.54, 1.807) is 6.20 Å². The van der Waals surface area contributed by atoms with Crippen LogP contribution in [0.15, 0.2) is 48.7 Å². The van der Waals surface area contributed by atoms with Crippen molar-refractivity contribution in [2.24, 2.45) is 0 Å². The van der Waals surface area contributed by atoms with E-state index < -0.39 is 6.04 Å². The molecule has 122 valence electrons. The highest BCUT2D eigenvalue weighted by atomic mass is 16.5. The van der Waals surface area contributed by atoms with Crippen LogP contribution in [0.2, 0.25) is 0 Å². The number of nitrogens with one attached hydrogen (secondary N) is 2. The lowest BCUT2D eigenvalue weighted by atomic mass is 9.84. The van der Waals surface area contributed by atoms with Crippen molar-refractivity contribution in [3.8, 4) is 0 Å². The Morgan fingerprint density at radius 3 is 2.71 bits per heavy atom. The third-order valence-electron chi connectivity index (χ3n) is 4.81. The van der Waals surface area contributed by atoms with Gasteiger partial charge in [0.05, 0.1) is 18.8 Å². The van der Waals surface area contributed by atoms with E-state index in [4.69, 9.17) is 4.74 Å².